The maximum absolute atomic E-state index is 13.0. The highest BCUT2D eigenvalue weighted by atomic mass is 32.1. The first kappa shape index (κ1) is 19.1. The third kappa shape index (κ3) is 4.35. The first-order valence-electron chi connectivity index (χ1n) is 8.70. The molecule has 142 valence electrons. The number of thiophene rings is 1. The van der Waals surface area contributed by atoms with Crippen LogP contribution in [0.25, 0.3) is 0 Å². The number of hydrogen-bond acceptors (Lipinski definition) is 5. The van der Waals surface area contributed by atoms with E-state index in [4.69, 9.17) is 5.73 Å². The van der Waals surface area contributed by atoms with Gasteiger partial charge in [0.2, 0.25) is 11.8 Å². The van der Waals surface area contributed by atoms with Crippen molar-refractivity contribution >= 4 is 34.7 Å². The standard InChI is InChI=1S/C19H22N4O3S/c1-12-14(19(26)23-7-5-16-13(11-23)6-8-27-16)3-2-4-15(12)22-18(25)10-21-17(24)9-20/h2-4,6,8H,5,7,9-11,20H2,1H3,(H,21,24)(H,22,25). The molecule has 0 fully saturated rings. The SMILES string of the molecule is Cc1c(NC(=O)CNC(=O)CN)cccc1C(=O)N1CCc2sccc2C1. The summed E-state index contributed by atoms with van der Waals surface area (Å²) in [5, 5.41) is 7.21. The maximum Gasteiger partial charge on any atom is 0.254 e. The van der Waals surface area contributed by atoms with E-state index in [1.54, 1.807) is 36.5 Å². The van der Waals surface area contributed by atoms with Crippen LogP contribution < -0.4 is 16.4 Å². The molecule has 27 heavy (non-hydrogen) atoms. The Morgan fingerprint density at radius 1 is 1.22 bits per heavy atom. The zero-order chi connectivity index (χ0) is 19.4. The Morgan fingerprint density at radius 3 is 2.81 bits per heavy atom. The van der Waals surface area contributed by atoms with Crippen LogP contribution in [-0.2, 0) is 22.6 Å². The van der Waals surface area contributed by atoms with Crippen LogP contribution in [0.4, 0.5) is 5.69 Å². The minimum atomic E-state index is -0.399. The van der Waals surface area contributed by atoms with Crippen LogP contribution in [0.2, 0.25) is 0 Å². The average molecular weight is 386 g/mol. The summed E-state index contributed by atoms with van der Waals surface area (Å²) in [5.74, 6) is -0.814. The molecule has 1 aliphatic heterocycles. The van der Waals surface area contributed by atoms with Gasteiger partial charge in [0.25, 0.3) is 5.91 Å². The van der Waals surface area contributed by atoms with E-state index in [-0.39, 0.29) is 24.9 Å². The molecule has 1 aromatic carbocycles. The lowest BCUT2D eigenvalue weighted by Gasteiger charge is -2.28. The number of hydrogen-bond donors (Lipinski definition) is 3. The van der Waals surface area contributed by atoms with E-state index in [2.05, 4.69) is 22.1 Å². The highest BCUT2D eigenvalue weighted by molar-refractivity contribution is 7.10. The lowest BCUT2D eigenvalue weighted by Crippen LogP contribution is -2.37. The molecule has 2 aromatic rings. The van der Waals surface area contributed by atoms with Gasteiger partial charge >= 0.3 is 0 Å². The predicted octanol–water partition coefficient (Wildman–Crippen LogP) is 1.27. The number of nitrogens with two attached hydrogens (primary N) is 1. The van der Waals surface area contributed by atoms with Crippen molar-refractivity contribution in [2.45, 2.75) is 19.9 Å². The number of amides is 3. The summed E-state index contributed by atoms with van der Waals surface area (Å²) < 4.78 is 0. The highest BCUT2D eigenvalue weighted by Crippen LogP contribution is 2.27. The van der Waals surface area contributed by atoms with Crippen LogP contribution in [-0.4, -0.2) is 42.3 Å². The largest absolute Gasteiger partial charge is 0.346 e. The van der Waals surface area contributed by atoms with Crippen LogP contribution in [0.1, 0.15) is 26.4 Å². The molecule has 0 spiro atoms. The first-order chi connectivity index (χ1) is 13.0. The van der Waals surface area contributed by atoms with Gasteiger partial charge in [-0.3, -0.25) is 14.4 Å². The Labute approximate surface area is 161 Å². The van der Waals surface area contributed by atoms with Crippen molar-refractivity contribution in [3.63, 3.8) is 0 Å². The molecule has 7 nitrogen and oxygen atoms in total. The van der Waals surface area contributed by atoms with Crippen molar-refractivity contribution in [1.29, 1.82) is 0 Å². The lowest BCUT2D eigenvalue weighted by molar-refractivity contribution is -0.123. The van der Waals surface area contributed by atoms with Crippen molar-refractivity contribution in [1.82, 2.24) is 10.2 Å². The molecule has 0 bridgehead atoms. The van der Waals surface area contributed by atoms with Crippen LogP contribution in [0, 0.1) is 6.92 Å². The maximum atomic E-state index is 13.0. The molecule has 0 saturated heterocycles. The third-order valence-electron chi connectivity index (χ3n) is 4.56. The van der Waals surface area contributed by atoms with Crippen LogP contribution in [0.3, 0.4) is 0 Å². The fourth-order valence-corrected chi connectivity index (χ4v) is 3.93. The Kier molecular flexibility index (Phi) is 5.88. The van der Waals surface area contributed by atoms with E-state index in [9.17, 15) is 14.4 Å². The summed E-state index contributed by atoms with van der Waals surface area (Å²) in [6.07, 6.45) is 0.870. The molecular formula is C19H22N4O3S. The minimum absolute atomic E-state index is 0.0446. The third-order valence-corrected chi connectivity index (χ3v) is 5.59. The Morgan fingerprint density at radius 2 is 2.04 bits per heavy atom. The van der Waals surface area contributed by atoms with Crippen LogP contribution >= 0.6 is 11.3 Å². The van der Waals surface area contributed by atoms with Gasteiger partial charge in [0.1, 0.15) is 0 Å². The van der Waals surface area contributed by atoms with Gasteiger partial charge in [0.15, 0.2) is 0 Å². The second-order valence-corrected chi connectivity index (χ2v) is 7.35. The zero-order valence-corrected chi connectivity index (χ0v) is 15.9. The van der Waals surface area contributed by atoms with Crippen LogP contribution in [0.5, 0.6) is 0 Å². The van der Waals surface area contributed by atoms with Gasteiger partial charge in [-0.25, -0.2) is 0 Å². The zero-order valence-electron chi connectivity index (χ0n) is 15.1. The van der Waals surface area contributed by atoms with Gasteiger partial charge in [-0.2, -0.15) is 0 Å². The molecule has 0 unspecified atom stereocenters. The molecule has 4 N–H and O–H groups in total. The van der Waals surface area contributed by atoms with E-state index >= 15 is 0 Å². The summed E-state index contributed by atoms with van der Waals surface area (Å²) >= 11 is 1.73. The highest BCUT2D eigenvalue weighted by Gasteiger charge is 2.24. The molecule has 0 saturated carbocycles. The molecule has 1 aliphatic rings. The smallest absolute Gasteiger partial charge is 0.254 e. The number of anilines is 1. The van der Waals surface area contributed by atoms with Crippen molar-refractivity contribution in [2.24, 2.45) is 5.73 Å². The fourth-order valence-electron chi connectivity index (χ4n) is 3.04. The summed E-state index contributed by atoms with van der Waals surface area (Å²) in [6, 6.07) is 7.32. The normalized spacial score (nSPS) is 13.0. The average Bonchev–Trinajstić information content (AvgIpc) is 3.15. The molecule has 3 rings (SSSR count). The van der Waals surface area contributed by atoms with Crippen molar-refractivity contribution in [3.05, 3.63) is 51.2 Å². The van der Waals surface area contributed by atoms with E-state index in [0.29, 0.717) is 29.9 Å². The summed E-state index contributed by atoms with van der Waals surface area (Å²) in [5.41, 5.74) is 8.23. The molecular weight excluding hydrogens is 364 g/mol. The Hall–Kier alpha value is -2.71. The monoisotopic (exact) mass is 386 g/mol. The van der Waals surface area contributed by atoms with Gasteiger partial charge in [0.05, 0.1) is 13.1 Å². The number of rotatable bonds is 5. The predicted molar refractivity (Wildman–Crippen MR) is 105 cm³/mol. The second kappa shape index (κ2) is 8.32. The lowest BCUT2D eigenvalue weighted by atomic mass is 10.0. The van der Waals surface area contributed by atoms with E-state index in [1.807, 2.05) is 4.90 Å². The van der Waals surface area contributed by atoms with Crippen molar-refractivity contribution in [2.75, 3.05) is 25.0 Å². The summed E-state index contributed by atoms with van der Waals surface area (Å²) in [4.78, 5) is 39.3. The van der Waals surface area contributed by atoms with E-state index in [1.165, 1.54) is 10.4 Å². The summed E-state index contributed by atoms with van der Waals surface area (Å²) in [7, 11) is 0. The molecule has 8 heteroatoms. The van der Waals surface area contributed by atoms with Crippen molar-refractivity contribution < 1.29 is 14.4 Å². The number of nitrogens with one attached hydrogen (secondary N) is 2. The number of carbonyl (C=O) groups excluding carboxylic acids is 3. The van der Waals surface area contributed by atoms with Gasteiger partial charge < -0.3 is 21.3 Å². The molecule has 0 aliphatic carbocycles. The number of benzene rings is 1. The summed E-state index contributed by atoms with van der Waals surface area (Å²) in [6.45, 7) is 2.77. The fraction of sp³-hybridized carbons (Fsp3) is 0.316. The second-order valence-electron chi connectivity index (χ2n) is 6.35. The van der Waals surface area contributed by atoms with Gasteiger partial charge in [-0.1, -0.05) is 6.07 Å². The molecule has 0 radical (unpaired) electrons. The molecule has 2 heterocycles. The quantitative estimate of drug-likeness (QED) is 0.720. The van der Waals surface area contributed by atoms with E-state index in [0.717, 1.165) is 6.42 Å². The topological polar surface area (TPSA) is 105 Å². The van der Waals surface area contributed by atoms with E-state index < -0.39 is 5.91 Å². The Balaban J connectivity index is 1.70. The van der Waals surface area contributed by atoms with Crippen LogP contribution in [0.15, 0.2) is 29.6 Å². The first-order valence-corrected chi connectivity index (χ1v) is 9.58. The molecule has 3 amide bonds. The van der Waals surface area contributed by atoms with Gasteiger partial charge in [0, 0.05) is 29.2 Å². The molecule has 1 aromatic heterocycles. The number of fused-ring (bicyclic) bond motifs is 1. The Bertz CT molecular complexity index is 878. The number of carbonyl (C=O) groups is 3. The van der Waals surface area contributed by atoms with Crippen molar-refractivity contribution in [3.8, 4) is 0 Å². The minimum Gasteiger partial charge on any atom is -0.346 e. The molecule has 0 atom stereocenters. The number of nitrogens with zero attached hydrogens (tertiary/aromatic N) is 1. The van der Waals surface area contributed by atoms with Gasteiger partial charge in [-0.15, -0.1) is 11.3 Å². The van der Waals surface area contributed by atoms with Gasteiger partial charge in [-0.05, 0) is 48.1 Å².